The first-order chi connectivity index (χ1) is 16.3. The predicted octanol–water partition coefficient (Wildman–Crippen LogP) is 6.54. The molecular weight excluding hydrogens is 420 g/mol. The monoisotopic (exact) mass is 468 g/mol. The van der Waals surface area contributed by atoms with Crippen molar-refractivity contribution in [3.63, 3.8) is 0 Å². The van der Waals surface area contributed by atoms with E-state index < -0.39 is 0 Å². The maximum absolute atomic E-state index is 13.5. The third-order valence-corrected chi connectivity index (χ3v) is 6.92. The van der Waals surface area contributed by atoms with Crippen molar-refractivity contribution in [2.75, 3.05) is 32.7 Å². The van der Waals surface area contributed by atoms with Gasteiger partial charge in [-0.15, -0.1) is 0 Å². The van der Waals surface area contributed by atoms with Crippen molar-refractivity contribution < 1.29 is 4.79 Å². The number of piperidine rings is 1. The van der Waals surface area contributed by atoms with Crippen LogP contribution >= 0.6 is 0 Å². The number of nitrogens with zero attached hydrogens (tertiary/aromatic N) is 4. The molecule has 0 unspecified atom stereocenters. The molecule has 2 heterocycles. The van der Waals surface area contributed by atoms with E-state index in [9.17, 15) is 4.79 Å². The molecule has 1 aliphatic heterocycles. The number of hydrogen-bond acceptors (Lipinski definition) is 3. The van der Waals surface area contributed by atoms with Gasteiger partial charge in [0.15, 0.2) is 0 Å². The number of unbranched alkanes of at least 4 members (excludes halogenated alkanes) is 2. The molecule has 1 aromatic heterocycles. The standard InChI is InChI=1S/C29H48N4O/c1-6-8-19-32(20-9-7-2)28(34)24-14-15-25-26(22-24)33(27(30-25)23-29(3,4)5)21-13-18-31-16-11-10-12-17-31/h14-15,22H,6-13,16-21,23H2,1-5H3. The molecule has 0 aliphatic carbocycles. The first-order valence-electron chi connectivity index (χ1n) is 13.8. The van der Waals surface area contributed by atoms with Crippen molar-refractivity contribution in [3.8, 4) is 0 Å². The molecule has 0 bridgehead atoms. The normalized spacial score (nSPS) is 15.2. The number of aromatic nitrogens is 2. The minimum absolute atomic E-state index is 0.168. The SMILES string of the molecule is CCCCN(CCCC)C(=O)c1ccc2nc(CC(C)(C)C)n(CCCN3CCCCC3)c2c1. The number of aryl methyl sites for hydroxylation is 1. The Morgan fingerprint density at radius 2 is 1.65 bits per heavy atom. The van der Waals surface area contributed by atoms with Crippen LogP contribution in [0.15, 0.2) is 18.2 Å². The Labute approximate surface area is 207 Å². The van der Waals surface area contributed by atoms with Gasteiger partial charge in [0, 0.05) is 31.6 Å². The highest BCUT2D eigenvalue weighted by atomic mass is 16.2. The number of likely N-dealkylation sites (tertiary alicyclic amines) is 1. The summed E-state index contributed by atoms with van der Waals surface area (Å²) >= 11 is 0. The third-order valence-electron chi connectivity index (χ3n) is 6.92. The number of rotatable bonds is 12. The summed E-state index contributed by atoms with van der Waals surface area (Å²) in [5.41, 5.74) is 3.11. The van der Waals surface area contributed by atoms with Crippen LogP contribution in [-0.4, -0.2) is 58.0 Å². The summed E-state index contributed by atoms with van der Waals surface area (Å²) < 4.78 is 2.41. The highest BCUT2D eigenvalue weighted by Crippen LogP contribution is 2.26. The lowest BCUT2D eigenvalue weighted by molar-refractivity contribution is 0.0751. The number of amides is 1. The highest BCUT2D eigenvalue weighted by Gasteiger charge is 2.21. The molecule has 5 heteroatoms. The minimum Gasteiger partial charge on any atom is -0.339 e. The van der Waals surface area contributed by atoms with E-state index in [1.54, 1.807) is 0 Å². The molecule has 5 nitrogen and oxygen atoms in total. The van der Waals surface area contributed by atoms with E-state index in [0.29, 0.717) is 0 Å². The Morgan fingerprint density at radius 1 is 0.971 bits per heavy atom. The van der Waals surface area contributed by atoms with Crippen LogP contribution < -0.4 is 0 Å². The number of carbonyl (C=O) groups is 1. The molecular formula is C29H48N4O. The summed E-state index contributed by atoms with van der Waals surface area (Å²) in [4.78, 5) is 23.2. The van der Waals surface area contributed by atoms with Crippen LogP contribution in [0.3, 0.4) is 0 Å². The smallest absolute Gasteiger partial charge is 0.253 e. The lowest BCUT2D eigenvalue weighted by Crippen LogP contribution is -2.33. The van der Waals surface area contributed by atoms with Crippen molar-refractivity contribution in [2.45, 2.75) is 99.0 Å². The molecule has 0 spiro atoms. The maximum atomic E-state index is 13.5. The van der Waals surface area contributed by atoms with Crippen LogP contribution in [0.25, 0.3) is 11.0 Å². The molecule has 0 radical (unpaired) electrons. The molecule has 1 fully saturated rings. The fraction of sp³-hybridized carbons (Fsp3) is 0.724. The summed E-state index contributed by atoms with van der Waals surface area (Å²) in [6.07, 6.45) is 10.4. The quantitative estimate of drug-likeness (QED) is 0.355. The Bertz CT molecular complexity index is 897. The Balaban J connectivity index is 1.85. The van der Waals surface area contributed by atoms with E-state index in [1.807, 2.05) is 6.07 Å². The molecule has 1 saturated heterocycles. The van der Waals surface area contributed by atoms with E-state index in [4.69, 9.17) is 4.98 Å². The fourth-order valence-corrected chi connectivity index (χ4v) is 5.00. The molecule has 190 valence electrons. The Kier molecular flexibility index (Phi) is 9.99. The van der Waals surface area contributed by atoms with Crippen LogP contribution in [-0.2, 0) is 13.0 Å². The van der Waals surface area contributed by atoms with E-state index in [1.165, 1.54) is 32.4 Å². The van der Waals surface area contributed by atoms with Crippen LogP contribution in [0, 0.1) is 5.41 Å². The van der Waals surface area contributed by atoms with Crippen molar-refractivity contribution in [3.05, 3.63) is 29.6 Å². The van der Waals surface area contributed by atoms with Crippen molar-refractivity contribution in [1.29, 1.82) is 0 Å². The largest absolute Gasteiger partial charge is 0.339 e. The van der Waals surface area contributed by atoms with Crippen LogP contribution in [0.2, 0.25) is 0 Å². The molecule has 1 aliphatic rings. The van der Waals surface area contributed by atoms with Crippen molar-refractivity contribution in [2.24, 2.45) is 5.41 Å². The number of carbonyl (C=O) groups excluding carboxylic acids is 1. The second kappa shape index (κ2) is 12.7. The van der Waals surface area contributed by atoms with E-state index in [-0.39, 0.29) is 11.3 Å². The molecule has 34 heavy (non-hydrogen) atoms. The molecule has 0 N–H and O–H groups in total. The van der Waals surface area contributed by atoms with Crippen LogP contribution in [0.5, 0.6) is 0 Å². The molecule has 0 saturated carbocycles. The van der Waals surface area contributed by atoms with E-state index in [2.05, 4.69) is 61.1 Å². The van der Waals surface area contributed by atoms with Gasteiger partial charge < -0.3 is 14.4 Å². The zero-order chi connectivity index (χ0) is 24.6. The van der Waals surface area contributed by atoms with Crippen molar-refractivity contribution in [1.82, 2.24) is 19.4 Å². The van der Waals surface area contributed by atoms with Gasteiger partial charge in [-0.25, -0.2) is 4.98 Å². The molecule has 1 amide bonds. The van der Waals surface area contributed by atoms with Gasteiger partial charge in [0.05, 0.1) is 11.0 Å². The first-order valence-corrected chi connectivity index (χ1v) is 13.8. The summed E-state index contributed by atoms with van der Waals surface area (Å²) in [5.74, 6) is 1.32. The molecule has 2 aromatic rings. The Morgan fingerprint density at radius 3 is 2.26 bits per heavy atom. The van der Waals surface area contributed by atoms with Gasteiger partial charge in [-0.3, -0.25) is 4.79 Å². The van der Waals surface area contributed by atoms with Gasteiger partial charge >= 0.3 is 0 Å². The number of imidazole rings is 1. The minimum atomic E-state index is 0.168. The molecule has 3 rings (SSSR count). The van der Waals surface area contributed by atoms with Gasteiger partial charge in [0.2, 0.25) is 0 Å². The van der Waals surface area contributed by atoms with Gasteiger partial charge in [0.1, 0.15) is 5.82 Å². The van der Waals surface area contributed by atoms with Crippen LogP contribution in [0.4, 0.5) is 0 Å². The van der Waals surface area contributed by atoms with Gasteiger partial charge in [-0.1, -0.05) is 53.9 Å². The summed E-state index contributed by atoms with van der Waals surface area (Å²) in [5, 5.41) is 0. The van der Waals surface area contributed by atoms with Gasteiger partial charge in [0.25, 0.3) is 5.91 Å². The number of benzene rings is 1. The number of hydrogen-bond donors (Lipinski definition) is 0. The average Bonchev–Trinajstić information content (AvgIpc) is 3.14. The molecule has 1 aromatic carbocycles. The first kappa shape index (κ1) is 26.7. The average molecular weight is 469 g/mol. The highest BCUT2D eigenvalue weighted by molar-refractivity contribution is 5.97. The zero-order valence-corrected chi connectivity index (χ0v) is 22.5. The van der Waals surface area contributed by atoms with Crippen LogP contribution in [0.1, 0.15) is 102 Å². The van der Waals surface area contributed by atoms with Gasteiger partial charge in [-0.05, 0) is 75.4 Å². The topological polar surface area (TPSA) is 41.4 Å². The van der Waals surface area contributed by atoms with E-state index >= 15 is 0 Å². The lowest BCUT2D eigenvalue weighted by Gasteiger charge is -2.26. The second-order valence-corrected chi connectivity index (χ2v) is 11.4. The van der Waals surface area contributed by atoms with Gasteiger partial charge in [-0.2, -0.15) is 0 Å². The third kappa shape index (κ3) is 7.56. The lowest BCUT2D eigenvalue weighted by atomic mass is 9.92. The summed E-state index contributed by atoms with van der Waals surface area (Å²) in [6, 6.07) is 6.16. The Hall–Kier alpha value is -1.88. The molecule has 0 atom stereocenters. The maximum Gasteiger partial charge on any atom is 0.253 e. The summed E-state index contributed by atoms with van der Waals surface area (Å²) in [7, 11) is 0. The second-order valence-electron chi connectivity index (χ2n) is 11.4. The van der Waals surface area contributed by atoms with E-state index in [0.717, 1.165) is 87.1 Å². The van der Waals surface area contributed by atoms with Crippen molar-refractivity contribution >= 4 is 16.9 Å². The fourth-order valence-electron chi connectivity index (χ4n) is 5.00. The number of fused-ring (bicyclic) bond motifs is 1. The zero-order valence-electron chi connectivity index (χ0n) is 22.5. The summed E-state index contributed by atoms with van der Waals surface area (Å²) in [6.45, 7) is 17.5. The predicted molar refractivity (Wildman–Crippen MR) is 144 cm³/mol.